The van der Waals surface area contributed by atoms with Crippen LogP contribution in [0.1, 0.15) is 59.1 Å². The Morgan fingerprint density at radius 1 is 1.26 bits per heavy atom. The quantitative estimate of drug-likeness (QED) is 0.462. The molecule has 0 spiro atoms. The summed E-state index contributed by atoms with van der Waals surface area (Å²) >= 11 is 0. The van der Waals surface area contributed by atoms with Crippen molar-refractivity contribution >= 4 is 11.8 Å². The molecule has 10 heteroatoms. The maximum atomic E-state index is 14.0. The summed E-state index contributed by atoms with van der Waals surface area (Å²) in [6.45, 7) is 3.82. The number of benzene rings is 1. The van der Waals surface area contributed by atoms with Crippen molar-refractivity contribution in [3.63, 3.8) is 0 Å². The fraction of sp³-hybridized carbons (Fsp3) is 0.400. The van der Waals surface area contributed by atoms with Gasteiger partial charge in [-0.15, -0.1) is 0 Å². The Kier molecular flexibility index (Phi) is 7.02. The Bertz CT molecular complexity index is 1240. The Balaban J connectivity index is 1.75. The molecular weight excluding hydrogens is 460 g/mol. The molecule has 2 amide bonds. The number of fused-ring (bicyclic) bond motifs is 4. The first-order valence-electron chi connectivity index (χ1n) is 11.5. The van der Waals surface area contributed by atoms with E-state index in [-0.39, 0.29) is 48.3 Å². The third-order valence-corrected chi connectivity index (χ3v) is 6.31. The maximum Gasteiger partial charge on any atom is 0.275 e. The third kappa shape index (κ3) is 4.70. The minimum absolute atomic E-state index is 0.0157. The number of aliphatic hydroxyl groups is 1. The number of amides is 2. The van der Waals surface area contributed by atoms with Crippen LogP contribution in [0.25, 0.3) is 0 Å². The number of unbranched alkanes of at least 4 members (excludes halogenated alkanes) is 1. The van der Waals surface area contributed by atoms with Crippen molar-refractivity contribution in [1.82, 2.24) is 14.8 Å². The van der Waals surface area contributed by atoms with Gasteiger partial charge in [-0.1, -0.05) is 31.6 Å². The molecule has 8 nitrogen and oxygen atoms in total. The van der Waals surface area contributed by atoms with Gasteiger partial charge in [0, 0.05) is 37.0 Å². The van der Waals surface area contributed by atoms with E-state index in [0.717, 1.165) is 12.5 Å². The number of nitrogens with zero attached hydrogens (tertiary/aromatic N) is 2. The van der Waals surface area contributed by atoms with Gasteiger partial charge in [0.15, 0.2) is 11.4 Å². The van der Waals surface area contributed by atoms with Crippen molar-refractivity contribution in [3.8, 4) is 5.75 Å². The van der Waals surface area contributed by atoms with E-state index in [4.69, 9.17) is 4.74 Å². The topological polar surface area (TPSA) is 101 Å². The molecule has 0 aliphatic carbocycles. The third-order valence-electron chi connectivity index (χ3n) is 6.31. The van der Waals surface area contributed by atoms with E-state index in [1.807, 2.05) is 13.8 Å². The van der Waals surface area contributed by atoms with Gasteiger partial charge < -0.3 is 24.6 Å². The van der Waals surface area contributed by atoms with Crippen LogP contribution in [0.3, 0.4) is 0 Å². The van der Waals surface area contributed by atoms with Crippen molar-refractivity contribution in [2.24, 2.45) is 0 Å². The summed E-state index contributed by atoms with van der Waals surface area (Å²) in [6.07, 6.45) is 4.99. The number of aliphatic hydroxyl groups excluding tert-OH is 1. The normalized spacial score (nSPS) is 20.9. The molecule has 1 aromatic carbocycles. The van der Waals surface area contributed by atoms with E-state index in [0.29, 0.717) is 12.5 Å². The van der Waals surface area contributed by atoms with Crippen molar-refractivity contribution in [3.05, 3.63) is 75.2 Å². The van der Waals surface area contributed by atoms with Gasteiger partial charge in [-0.25, -0.2) is 8.78 Å². The van der Waals surface area contributed by atoms with Crippen LogP contribution < -0.4 is 15.5 Å². The lowest BCUT2D eigenvalue weighted by Gasteiger charge is -2.38. The van der Waals surface area contributed by atoms with E-state index in [1.165, 1.54) is 16.8 Å². The molecule has 3 atom stereocenters. The standard InChI is InChI=1S/C25H27F2N3O5/c1-3-4-9-35-23-21-25(34)29-13-19(20(31)8-5-14(29)2)30(21)12-17(22(23)32)24(33)28-11-15-6-7-16(26)10-18(15)27/h5-8,10,12,14,19-20,31H,3-4,9,11,13H2,1-2H3,(H,28,33)/t14-,19+,20-/m0/s1. The number of aromatic nitrogens is 1. The summed E-state index contributed by atoms with van der Waals surface area (Å²) in [7, 11) is 0. The number of rotatable bonds is 7. The monoisotopic (exact) mass is 487 g/mol. The summed E-state index contributed by atoms with van der Waals surface area (Å²) in [5.74, 6) is -3.07. The van der Waals surface area contributed by atoms with Gasteiger partial charge >= 0.3 is 0 Å². The molecule has 0 saturated carbocycles. The van der Waals surface area contributed by atoms with Crippen molar-refractivity contribution in [1.29, 1.82) is 0 Å². The fourth-order valence-corrected chi connectivity index (χ4v) is 4.27. The first-order chi connectivity index (χ1) is 16.7. The van der Waals surface area contributed by atoms with E-state index < -0.39 is 41.0 Å². The largest absolute Gasteiger partial charge is 0.487 e. The fourth-order valence-electron chi connectivity index (χ4n) is 4.27. The van der Waals surface area contributed by atoms with Gasteiger partial charge in [0.2, 0.25) is 5.43 Å². The van der Waals surface area contributed by atoms with Crippen molar-refractivity contribution < 1.29 is 28.2 Å². The number of hydrogen-bond donors (Lipinski definition) is 2. The highest BCUT2D eigenvalue weighted by atomic mass is 19.1. The molecule has 2 bridgehead atoms. The molecule has 0 unspecified atom stereocenters. The van der Waals surface area contributed by atoms with Gasteiger partial charge in [0.25, 0.3) is 11.8 Å². The molecule has 1 aromatic heterocycles. The van der Waals surface area contributed by atoms with Crippen LogP contribution >= 0.6 is 0 Å². The number of carbonyl (C=O) groups is 2. The highest BCUT2D eigenvalue weighted by Gasteiger charge is 2.41. The Morgan fingerprint density at radius 2 is 2.03 bits per heavy atom. The molecule has 2 N–H and O–H groups in total. The van der Waals surface area contributed by atoms with Gasteiger partial charge in [0.1, 0.15) is 17.2 Å². The zero-order chi connectivity index (χ0) is 25.3. The molecule has 2 aromatic rings. The molecular formula is C25H27F2N3O5. The van der Waals surface area contributed by atoms with E-state index in [1.54, 1.807) is 17.1 Å². The Labute approximate surface area is 200 Å². The van der Waals surface area contributed by atoms with Crippen molar-refractivity contribution in [2.45, 2.75) is 51.4 Å². The minimum Gasteiger partial charge on any atom is -0.487 e. The van der Waals surface area contributed by atoms with Crippen LogP contribution in [0.5, 0.6) is 5.75 Å². The van der Waals surface area contributed by atoms with Crippen LogP contribution in [0.15, 0.2) is 41.3 Å². The van der Waals surface area contributed by atoms with Crippen LogP contribution in [-0.4, -0.2) is 51.7 Å². The molecule has 0 fully saturated rings. The van der Waals surface area contributed by atoms with E-state index in [2.05, 4.69) is 5.32 Å². The second-order valence-corrected chi connectivity index (χ2v) is 8.72. The van der Waals surface area contributed by atoms with Crippen LogP contribution in [0.2, 0.25) is 0 Å². The molecule has 186 valence electrons. The highest BCUT2D eigenvalue weighted by Crippen LogP contribution is 2.32. The number of ether oxygens (including phenoxy) is 1. The maximum absolute atomic E-state index is 14.0. The molecule has 0 saturated heterocycles. The Morgan fingerprint density at radius 3 is 2.74 bits per heavy atom. The molecule has 0 radical (unpaired) electrons. The van der Waals surface area contributed by atoms with Crippen LogP contribution in [0, 0.1) is 11.6 Å². The zero-order valence-electron chi connectivity index (χ0n) is 19.5. The van der Waals surface area contributed by atoms with Gasteiger partial charge in [0.05, 0.1) is 18.8 Å². The lowest BCUT2D eigenvalue weighted by atomic mass is 10.0. The average Bonchev–Trinajstić information content (AvgIpc) is 2.95. The lowest BCUT2D eigenvalue weighted by Crippen LogP contribution is -2.49. The lowest BCUT2D eigenvalue weighted by molar-refractivity contribution is 0.0531. The number of hydrogen-bond acceptors (Lipinski definition) is 5. The minimum atomic E-state index is -0.968. The molecule has 3 heterocycles. The summed E-state index contributed by atoms with van der Waals surface area (Å²) in [4.78, 5) is 41.2. The number of pyridine rings is 1. The number of nitrogens with one attached hydrogen (secondary N) is 1. The SMILES string of the molecule is CCCCOc1c2n(cc(C(=O)NCc3ccc(F)cc3F)c1=O)[C@@H]1CN(C2=O)[C@@H](C)C=C[C@@H]1O. The van der Waals surface area contributed by atoms with E-state index >= 15 is 0 Å². The molecule has 4 rings (SSSR count). The second kappa shape index (κ2) is 9.99. The first kappa shape index (κ1) is 24.6. The highest BCUT2D eigenvalue weighted by molar-refractivity contribution is 5.99. The molecule has 2 aliphatic rings. The van der Waals surface area contributed by atoms with Crippen molar-refractivity contribution in [2.75, 3.05) is 13.2 Å². The number of carbonyl (C=O) groups excluding carboxylic acids is 2. The average molecular weight is 488 g/mol. The first-order valence-corrected chi connectivity index (χ1v) is 11.5. The van der Waals surface area contributed by atoms with Crippen LogP contribution in [-0.2, 0) is 6.54 Å². The summed E-state index contributed by atoms with van der Waals surface area (Å²) in [5, 5.41) is 13.2. The molecule has 2 aliphatic heterocycles. The summed E-state index contributed by atoms with van der Waals surface area (Å²) in [5.41, 5.74) is -1.05. The Hall–Kier alpha value is -3.53. The second-order valence-electron chi connectivity index (χ2n) is 8.72. The van der Waals surface area contributed by atoms with E-state index in [9.17, 15) is 28.3 Å². The van der Waals surface area contributed by atoms with Gasteiger partial charge in [-0.05, 0) is 19.4 Å². The molecule has 35 heavy (non-hydrogen) atoms. The summed E-state index contributed by atoms with van der Waals surface area (Å²) in [6, 6.07) is 2.03. The predicted molar refractivity (Wildman–Crippen MR) is 123 cm³/mol. The zero-order valence-corrected chi connectivity index (χ0v) is 19.5. The summed E-state index contributed by atoms with van der Waals surface area (Å²) < 4.78 is 34.3. The predicted octanol–water partition coefficient (Wildman–Crippen LogP) is 2.55. The van der Waals surface area contributed by atoms with Gasteiger partial charge in [-0.2, -0.15) is 0 Å². The van der Waals surface area contributed by atoms with Gasteiger partial charge in [-0.3, -0.25) is 14.4 Å². The van der Waals surface area contributed by atoms with Crippen LogP contribution in [0.4, 0.5) is 8.78 Å². The smallest absolute Gasteiger partial charge is 0.275 e. The number of halogens is 2.